The summed E-state index contributed by atoms with van der Waals surface area (Å²) in [5.74, 6) is 1.25. The zero-order chi connectivity index (χ0) is 16.3. The van der Waals surface area contributed by atoms with Crippen LogP contribution in [0.1, 0.15) is 20.3 Å². The van der Waals surface area contributed by atoms with Crippen molar-refractivity contribution in [3.8, 4) is 17.0 Å². The zero-order valence-corrected chi connectivity index (χ0v) is 14.0. The van der Waals surface area contributed by atoms with E-state index < -0.39 is 0 Å². The lowest BCUT2D eigenvalue weighted by Gasteiger charge is -2.17. The Balaban J connectivity index is 2.26. The van der Waals surface area contributed by atoms with Crippen LogP contribution < -0.4 is 16.2 Å². The van der Waals surface area contributed by atoms with Crippen LogP contribution in [-0.4, -0.2) is 22.4 Å². The molecule has 1 aromatic heterocycles. The van der Waals surface area contributed by atoms with Crippen LogP contribution in [-0.2, 0) is 7.05 Å². The zero-order valence-electron chi connectivity index (χ0n) is 13.2. The number of nitrogens with two attached hydrogens (primary N) is 2. The topological polar surface area (TPSA) is 79.1 Å². The Labute approximate surface area is 136 Å². The summed E-state index contributed by atoms with van der Waals surface area (Å²) in [6.45, 7) is 4.73. The van der Waals surface area contributed by atoms with Gasteiger partial charge in [0.05, 0.1) is 16.9 Å². The van der Waals surface area contributed by atoms with Crippen molar-refractivity contribution >= 4 is 17.3 Å². The van der Waals surface area contributed by atoms with Gasteiger partial charge in [0, 0.05) is 24.3 Å². The van der Waals surface area contributed by atoms with Crippen LogP contribution >= 0.6 is 11.6 Å². The van der Waals surface area contributed by atoms with Gasteiger partial charge in [0.15, 0.2) is 0 Å². The van der Waals surface area contributed by atoms with Crippen molar-refractivity contribution in [3.05, 3.63) is 29.4 Å². The van der Waals surface area contributed by atoms with Gasteiger partial charge in [-0.15, -0.1) is 0 Å². The Bertz CT molecular complexity index is 620. The van der Waals surface area contributed by atoms with E-state index in [1.54, 1.807) is 16.9 Å². The quantitative estimate of drug-likeness (QED) is 0.801. The first-order valence-corrected chi connectivity index (χ1v) is 7.72. The molecule has 2 aromatic rings. The lowest BCUT2D eigenvalue weighted by Crippen LogP contribution is -2.29. The number of anilines is 1. The van der Waals surface area contributed by atoms with Crippen molar-refractivity contribution in [1.82, 2.24) is 9.78 Å². The summed E-state index contributed by atoms with van der Waals surface area (Å²) < 4.78 is 7.61. The van der Waals surface area contributed by atoms with E-state index in [9.17, 15) is 0 Å². The molecule has 0 aliphatic heterocycles. The minimum Gasteiger partial charge on any atom is -0.491 e. The van der Waals surface area contributed by atoms with E-state index in [0.29, 0.717) is 29.0 Å². The molecule has 1 heterocycles. The largest absolute Gasteiger partial charge is 0.491 e. The number of halogens is 1. The molecule has 0 aliphatic rings. The van der Waals surface area contributed by atoms with Gasteiger partial charge in [-0.25, -0.2) is 0 Å². The van der Waals surface area contributed by atoms with E-state index in [1.807, 2.05) is 19.2 Å². The minimum atomic E-state index is -0.00703. The standard InChI is InChI=1S/C16H23ClN4O/c1-10(2)6-12(19)9-22-15-5-4-11(18)7-13(15)16-14(17)8-20-21(16)3/h4-5,7-8,10,12H,6,9,18-19H2,1-3H3/t12-/m1/s1. The fraction of sp³-hybridized carbons (Fsp3) is 0.438. The lowest BCUT2D eigenvalue weighted by atomic mass is 10.1. The van der Waals surface area contributed by atoms with E-state index in [1.165, 1.54) is 0 Å². The molecule has 0 aliphatic carbocycles. The molecule has 0 saturated carbocycles. The molecule has 0 fully saturated rings. The highest BCUT2D eigenvalue weighted by Gasteiger charge is 2.16. The summed E-state index contributed by atoms with van der Waals surface area (Å²) in [5, 5.41) is 4.72. The third-order valence-corrected chi connectivity index (χ3v) is 3.66. The Morgan fingerprint density at radius 1 is 1.36 bits per heavy atom. The Morgan fingerprint density at radius 2 is 2.09 bits per heavy atom. The van der Waals surface area contributed by atoms with Crippen molar-refractivity contribution < 1.29 is 4.74 Å². The van der Waals surface area contributed by atoms with E-state index in [0.717, 1.165) is 17.7 Å². The Kier molecular flexibility index (Phi) is 5.32. The molecule has 0 spiro atoms. The number of nitrogen functional groups attached to an aromatic ring is 1. The maximum atomic E-state index is 6.23. The van der Waals surface area contributed by atoms with Crippen molar-refractivity contribution in [2.45, 2.75) is 26.3 Å². The smallest absolute Gasteiger partial charge is 0.128 e. The molecule has 0 amide bonds. The summed E-state index contributed by atoms with van der Waals surface area (Å²) in [7, 11) is 1.83. The maximum absolute atomic E-state index is 6.23. The van der Waals surface area contributed by atoms with Crippen LogP contribution in [0.25, 0.3) is 11.3 Å². The second-order valence-corrected chi connectivity index (χ2v) is 6.33. The predicted octanol–water partition coefficient (Wildman–Crippen LogP) is 3.07. The number of benzene rings is 1. The van der Waals surface area contributed by atoms with Gasteiger partial charge in [-0.1, -0.05) is 25.4 Å². The maximum Gasteiger partial charge on any atom is 0.128 e. The van der Waals surface area contributed by atoms with Crippen molar-refractivity contribution in [1.29, 1.82) is 0 Å². The summed E-state index contributed by atoms with van der Waals surface area (Å²) in [6, 6.07) is 5.48. The normalized spacial score (nSPS) is 12.6. The molecular weight excluding hydrogens is 300 g/mol. The number of ether oxygens (including phenoxy) is 1. The third-order valence-electron chi connectivity index (χ3n) is 3.38. The van der Waals surface area contributed by atoms with E-state index in [4.69, 9.17) is 27.8 Å². The number of aromatic nitrogens is 2. The number of hydrogen-bond acceptors (Lipinski definition) is 4. The van der Waals surface area contributed by atoms with Crippen LogP contribution in [0.3, 0.4) is 0 Å². The van der Waals surface area contributed by atoms with Gasteiger partial charge < -0.3 is 16.2 Å². The van der Waals surface area contributed by atoms with Gasteiger partial charge >= 0.3 is 0 Å². The van der Waals surface area contributed by atoms with Crippen LogP contribution in [0, 0.1) is 5.92 Å². The van der Waals surface area contributed by atoms with Gasteiger partial charge in [-0.3, -0.25) is 4.68 Å². The van der Waals surface area contributed by atoms with Gasteiger partial charge in [0.1, 0.15) is 12.4 Å². The first-order valence-electron chi connectivity index (χ1n) is 7.34. The molecule has 22 heavy (non-hydrogen) atoms. The first kappa shape index (κ1) is 16.6. The Hall–Kier alpha value is -1.72. The monoisotopic (exact) mass is 322 g/mol. The molecule has 0 bridgehead atoms. The first-order chi connectivity index (χ1) is 10.4. The van der Waals surface area contributed by atoms with E-state index in [-0.39, 0.29) is 6.04 Å². The Morgan fingerprint density at radius 3 is 2.68 bits per heavy atom. The average Bonchev–Trinajstić information content (AvgIpc) is 2.76. The molecule has 2 rings (SSSR count). The van der Waals surface area contributed by atoms with Crippen LogP contribution in [0.15, 0.2) is 24.4 Å². The number of rotatable bonds is 6. The molecule has 6 heteroatoms. The fourth-order valence-electron chi connectivity index (χ4n) is 2.44. The van der Waals surface area contributed by atoms with Gasteiger partial charge in [0.25, 0.3) is 0 Å². The molecule has 1 atom stereocenters. The highest BCUT2D eigenvalue weighted by Crippen LogP contribution is 2.36. The molecule has 1 aromatic carbocycles. The molecule has 0 saturated heterocycles. The van der Waals surface area contributed by atoms with Gasteiger partial charge in [0.2, 0.25) is 0 Å². The average molecular weight is 323 g/mol. The van der Waals surface area contributed by atoms with Crippen LogP contribution in [0.5, 0.6) is 5.75 Å². The van der Waals surface area contributed by atoms with Crippen molar-refractivity contribution in [3.63, 3.8) is 0 Å². The highest BCUT2D eigenvalue weighted by atomic mass is 35.5. The third kappa shape index (κ3) is 3.93. The van der Waals surface area contributed by atoms with E-state index in [2.05, 4.69) is 18.9 Å². The van der Waals surface area contributed by atoms with Gasteiger partial charge in [-0.2, -0.15) is 5.10 Å². The molecular formula is C16H23ClN4O. The fourth-order valence-corrected chi connectivity index (χ4v) is 2.71. The summed E-state index contributed by atoms with van der Waals surface area (Å²) in [6.07, 6.45) is 2.52. The van der Waals surface area contributed by atoms with Crippen LogP contribution in [0.4, 0.5) is 5.69 Å². The predicted molar refractivity (Wildman–Crippen MR) is 91.0 cm³/mol. The lowest BCUT2D eigenvalue weighted by molar-refractivity contribution is 0.272. The van der Waals surface area contributed by atoms with Crippen LogP contribution in [0.2, 0.25) is 5.02 Å². The van der Waals surface area contributed by atoms with Gasteiger partial charge in [-0.05, 0) is 30.5 Å². The minimum absolute atomic E-state index is 0.00703. The second-order valence-electron chi connectivity index (χ2n) is 5.92. The van der Waals surface area contributed by atoms with E-state index >= 15 is 0 Å². The summed E-state index contributed by atoms with van der Waals surface area (Å²) in [4.78, 5) is 0. The highest BCUT2D eigenvalue weighted by molar-refractivity contribution is 6.33. The molecule has 0 radical (unpaired) electrons. The summed E-state index contributed by atoms with van der Waals surface area (Å²) in [5.41, 5.74) is 14.2. The number of hydrogen-bond donors (Lipinski definition) is 2. The SMILES string of the molecule is CC(C)C[C@@H](N)COc1ccc(N)cc1-c1c(Cl)cnn1C. The molecule has 0 unspecified atom stereocenters. The molecule has 5 nitrogen and oxygen atoms in total. The second kappa shape index (κ2) is 7.03. The van der Waals surface area contributed by atoms with Crippen molar-refractivity contribution in [2.24, 2.45) is 18.7 Å². The summed E-state index contributed by atoms with van der Waals surface area (Å²) >= 11 is 6.23. The molecule has 120 valence electrons. The number of aryl methyl sites for hydroxylation is 1. The number of nitrogens with zero attached hydrogens (tertiary/aromatic N) is 2. The molecule has 4 N–H and O–H groups in total. The van der Waals surface area contributed by atoms with Crippen molar-refractivity contribution in [2.75, 3.05) is 12.3 Å².